The lowest BCUT2D eigenvalue weighted by Gasteiger charge is -2.49. The predicted molar refractivity (Wildman–Crippen MR) is 130 cm³/mol. The molecule has 11 heteroatoms. The number of carbonyl (C=O) groups excluding carboxylic acids is 2. The second-order valence-electron chi connectivity index (χ2n) is 8.16. The van der Waals surface area contributed by atoms with Gasteiger partial charge in [0.25, 0.3) is 5.91 Å². The van der Waals surface area contributed by atoms with Gasteiger partial charge in [0.1, 0.15) is 35.1 Å². The number of hydrogen-bond acceptors (Lipinski definition) is 8. The van der Waals surface area contributed by atoms with E-state index in [9.17, 15) is 24.3 Å². The minimum atomic E-state index is -1.23. The first-order chi connectivity index (χ1) is 16.8. The molecule has 2 amide bonds. The van der Waals surface area contributed by atoms with Crippen LogP contribution in [0.2, 0.25) is 0 Å². The number of carboxylic acids is 1. The maximum absolute atomic E-state index is 12.8. The molecule has 2 unspecified atom stereocenters. The normalized spacial score (nSPS) is 19.3. The third-order valence-corrected chi connectivity index (χ3v) is 8.03. The molecule has 0 saturated carbocycles. The van der Waals surface area contributed by atoms with E-state index in [0.717, 1.165) is 15.8 Å². The standard InChI is InChI=1S/C24H20N2O7S2/c1-12-7-19(28)33-17-8-14(4-5-16(12)17)32-10-13-11-35-23-20(22(29)26(23)21(13)24(30)31)25-18(27)9-15-3-2-6-34-15/h2-8,20,23H,9-11H2,1H3,(H,25,27)(H,30,31). The van der Waals surface area contributed by atoms with E-state index in [4.69, 9.17) is 9.15 Å². The van der Waals surface area contributed by atoms with Gasteiger partial charge in [-0.1, -0.05) is 6.07 Å². The summed E-state index contributed by atoms with van der Waals surface area (Å²) in [5, 5.41) is 14.7. The van der Waals surface area contributed by atoms with Crippen molar-refractivity contribution in [3.63, 3.8) is 0 Å². The van der Waals surface area contributed by atoms with Crippen LogP contribution in [0, 0.1) is 6.92 Å². The number of benzene rings is 1. The number of nitrogens with zero attached hydrogens (tertiary/aromatic N) is 1. The fraction of sp³-hybridized carbons (Fsp3) is 0.250. The van der Waals surface area contributed by atoms with E-state index in [0.29, 0.717) is 22.7 Å². The Labute approximate surface area is 207 Å². The number of aliphatic carboxylic acids is 1. The number of β-lactam (4-membered cyclic amide) rings is 1. The van der Waals surface area contributed by atoms with E-state index in [1.807, 2.05) is 17.5 Å². The van der Waals surface area contributed by atoms with Crippen molar-refractivity contribution in [1.29, 1.82) is 0 Å². The van der Waals surface area contributed by atoms with Crippen LogP contribution in [0.3, 0.4) is 0 Å². The molecule has 2 aromatic heterocycles. The van der Waals surface area contributed by atoms with Gasteiger partial charge in [-0.25, -0.2) is 9.59 Å². The van der Waals surface area contributed by atoms with E-state index in [-0.39, 0.29) is 24.6 Å². The van der Waals surface area contributed by atoms with Crippen molar-refractivity contribution in [3.05, 3.63) is 73.9 Å². The quantitative estimate of drug-likeness (QED) is 0.365. The highest BCUT2D eigenvalue weighted by atomic mass is 32.2. The highest BCUT2D eigenvalue weighted by molar-refractivity contribution is 8.00. The molecule has 1 saturated heterocycles. The first kappa shape index (κ1) is 23.2. The van der Waals surface area contributed by atoms with E-state index in [1.54, 1.807) is 25.1 Å². The summed E-state index contributed by atoms with van der Waals surface area (Å²) in [6, 6.07) is 9.39. The summed E-state index contributed by atoms with van der Waals surface area (Å²) in [6.07, 6.45) is 0.172. The summed E-state index contributed by atoms with van der Waals surface area (Å²) in [5.41, 5.74) is 1.01. The number of rotatable bonds is 7. The first-order valence-corrected chi connectivity index (χ1v) is 12.6. The number of hydrogen-bond donors (Lipinski definition) is 2. The number of thiophene rings is 1. The van der Waals surface area contributed by atoms with Gasteiger partial charge in [-0.15, -0.1) is 23.1 Å². The first-order valence-electron chi connectivity index (χ1n) is 10.7. The lowest BCUT2D eigenvalue weighted by molar-refractivity contribution is -0.150. The van der Waals surface area contributed by atoms with Crippen LogP contribution in [0.5, 0.6) is 5.75 Å². The Bertz CT molecular complexity index is 1430. The van der Waals surface area contributed by atoms with Gasteiger partial charge in [0.05, 0.1) is 6.42 Å². The van der Waals surface area contributed by atoms with E-state index in [2.05, 4.69) is 5.32 Å². The Morgan fingerprint density at radius 3 is 2.83 bits per heavy atom. The minimum absolute atomic E-state index is 0.0535. The average molecular weight is 513 g/mol. The molecular formula is C24H20N2O7S2. The molecule has 2 N–H and O–H groups in total. The summed E-state index contributed by atoms with van der Waals surface area (Å²) in [7, 11) is 0. The molecule has 5 rings (SSSR count). The van der Waals surface area contributed by atoms with Crippen LogP contribution in [0.1, 0.15) is 10.4 Å². The second-order valence-corrected chi connectivity index (χ2v) is 10.3. The monoisotopic (exact) mass is 512 g/mol. The van der Waals surface area contributed by atoms with Crippen LogP contribution < -0.4 is 15.7 Å². The molecule has 180 valence electrons. The summed E-state index contributed by atoms with van der Waals surface area (Å²) in [5.74, 6) is -1.23. The Kier molecular flexibility index (Phi) is 6.12. The number of carboxylic acid groups (broad SMARTS) is 1. The summed E-state index contributed by atoms with van der Waals surface area (Å²) in [4.78, 5) is 51.0. The molecule has 4 heterocycles. The number of fused-ring (bicyclic) bond motifs is 2. The lowest BCUT2D eigenvalue weighted by Crippen LogP contribution is -2.70. The van der Waals surface area contributed by atoms with Crippen LogP contribution in [-0.2, 0) is 20.8 Å². The molecule has 9 nitrogen and oxygen atoms in total. The molecular weight excluding hydrogens is 492 g/mol. The molecule has 3 aromatic rings. The minimum Gasteiger partial charge on any atom is -0.489 e. The number of thioether (sulfide) groups is 1. The van der Waals surface area contributed by atoms with Crippen LogP contribution in [0.25, 0.3) is 11.0 Å². The van der Waals surface area contributed by atoms with Gasteiger partial charge in [0.15, 0.2) is 0 Å². The zero-order chi connectivity index (χ0) is 24.7. The predicted octanol–water partition coefficient (Wildman–Crippen LogP) is 2.52. The molecule has 0 aliphatic carbocycles. The largest absolute Gasteiger partial charge is 0.489 e. The maximum Gasteiger partial charge on any atom is 0.352 e. The third kappa shape index (κ3) is 4.44. The molecule has 35 heavy (non-hydrogen) atoms. The van der Waals surface area contributed by atoms with Gasteiger partial charge in [0, 0.05) is 33.7 Å². The van der Waals surface area contributed by atoms with Gasteiger partial charge < -0.3 is 19.6 Å². The molecule has 0 bridgehead atoms. The van der Waals surface area contributed by atoms with E-state index in [1.165, 1.54) is 34.1 Å². The highest BCUT2D eigenvalue weighted by Crippen LogP contribution is 2.40. The molecule has 1 aromatic carbocycles. The van der Waals surface area contributed by atoms with Crippen LogP contribution in [-0.4, -0.2) is 51.6 Å². The molecule has 0 radical (unpaired) electrons. The Balaban J connectivity index is 1.30. The SMILES string of the molecule is Cc1cc(=O)oc2cc(OCC3=C(C(=O)O)N4C(=O)C(NC(=O)Cc5cccs5)C4SC3)ccc12. The number of ether oxygens (including phenoxy) is 1. The van der Waals surface area contributed by atoms with Crippen molar-refractivity contribution in [1.82, 2.24) is 10.2 Å². The number of aryl methyl sites for hydroxylation is 1. The van der Waals surface area contributed by atoms with Crippen molar-refractivity contribution in [2.75, 3.05) is 12.4 Å². The van der Waals surface area contributed by atoms with Gasteiger partial charge in [-0.3, -0.25) is 14.5 Å². The van der Waals surface area contributed by atoms with Crippen LogP contribution in [0.4, 0.5) is 0 Å². The van der Waals surface area contributed by atoms with E-state index >= 15 is 0 Å². The number of amides is 2. The molecule has 0 spiro atoms. The second kappa shape index (κ2) is 9.23. The Morgan fingerprint density at radius 2 is 2.09 bits per heavy atom. The van der Waals surface area contributed by atoms with Crippen molar-refractivity contribution in [3.8, 4) is 5.75 Å². The third-order valence-electron chi connectivity index (χ3n) is 5.82. The zero-order valence-electron chi connectivity index (χ0n) is 18.5. The average Bonchev–Trinajstić information content (AvgIpc) is 3.33. The van der Waals surface area contributed by atoms with Crippen molar-refractivity contribution in [2.24, 2.45) is 0 Å². The smallest absolute Gasteiger partial charge is 0.352 e. The molecule has 1 fully saturated rings. The molecule has 2 aliphatic heterocycles. The van der Waals surface area contributed by atoms with Crippen molar-refractivity contribution in [2.45, 2.75) is 24.8 Å². The van der Waals surface area contributed by atoms with Crippen LogP contribution >= 0.6 is 23.1 Å². The van der Waals surface area contributed by atoms with Crippen molar-refractivity contribution >= 4 is 51.9 Å². The Morgan fingerprint density at radius 1 is 1.26 bits per heavy atom. The number of carbonyl (C=O) groups is 3. The highest BCUT2D eigenvalue weighted by Gasteiger charge is 2.54. The zero-order valence-corrected chi connectivity index (χ0v) is 20.1. The van der Waals surface area contributed by atoms with Gasteiger partial charge in [0.2, 0.25) is 5.91 Å². The molecule has 2 atom stereocenters. The topological polar surface area (TPSA) is 126 Å². The lowest BCUT2D eigenvalue weighted by atomic mass is 10.0. The fourth-order valence-corrected chi connectivity index (χ4v) is 6.19. The summed E-state index contributed by atoms with van der Waals surface area (Å²) in [6.45, 7) is 1.75. The number of nitrogens with one attached hydrogen (secondary N) is 1. The van der Waals surface area contributed by atoms with Crippen molar-refractivity contribution < 1.29 is 28.6 Å². The van der Waals surface area contributed by atoms with Gasteiger partial charge in [-0.05, 0) is 36.1 Å². The maximum atomic E-state index is 12.8. The Hall–Kier alpha value is -3.57. The summed E-state index contributed by atoms with van der Waals surface area (Å²) >= 11 is 2.83. The fourth-order valence-electron chi connectivity index (χ4n) is 4.16. The van der Waals surface area contributed by atoms with E-state index < -0.39 is 28.9 Å². The molecule has 2 aliphatic rings. The van der Waals surface area contributed by atoms with Gasteiger partial charge >= 0.3 is 11.6 Å². The van der Waals surface area contributed by atoms with Gasteiger partial charge in [-0.2, -0.15) is 0 Å². The summed E-state index contributed by atoms with van der Waals surface area (Å²) < 4.78 is 11.0. The van der Waals surface area contributed by atoms with Crippen LogP contribution in [0.15, 0.2) is 62.3 Å².